The molecule has 0 N–H and O–H groups in total. The highest BCUT2D eigenvalue weighted by atomic mass is 31.2. The Bertz CT molecular complexity index is 643. The summed E-state index contributed by atoms with van der Waals surface area (Å²) in [5.74, 6) is 0.432. The van der Waals surface area contributed by atoms with E-state index in [9.17, 15) is 4.57 Å². The quantitative estimate of drug-likeness (QED) is 0.129. The van der Waals surface area contributed by atoms with Crippen molar-refractivity contribution in [3.05, 3.63) is 29.8 Å². The summed E-state index contributed by atoms with van der Waals surface area (Å²) >= 11 is 0. The molecule has 1 heterocycles. The minimum absolute atomic E-state index is 0.0879. The summed E-state index contributed by atoms with van der Waals surface area (Å²) in [7, 11) is -4.24. The summed E-state index contributed by atoms with van der Waals surface area (Å²) in [6.07, 6.45) is 12.8. The Morgan fingerprint density at radius 2 is 1.61 bits per heavy atom. The lowest BCUT2D eigenvalue weighted by Crippen LogP contribution is -2.15. The van der Waals surface area contributed by atoms with E-state index >= 15 is 0 Å². The van der Waals surface area contributed by atoms with E-state index in [1.807, 2.05) is 12.1 Å². The average Bonchev–Trinajstić information content (AvgIpc) is 2.84. The second-order valence-corrected chi connectivity index (χ2v) is 9.03. The molecule has 0 spiro atoms. The van der Waals surface area contributed by atoms with Gasteiger partial charge in [0.15, 0.2) is 5.75 Å². The van der Waals surface area contributed by atoms with Gasteiger partial charge in [-0.1, -0.05) is 92.3 Å². The minimum atomic E-state index is -4.24. The number of phosphoric acid groups is 1. The highest BCUT2D eigenvalue weighted by molar-refractivity contribution is 7.48. The van der Waals surface area contributed by atoms with Crippen molar-refractivity contribution in [3.8, 4) is 5.75 Å². The predicted octanol–water partition coefficient (Wildman–Crippen LogP) is 6.73. The van der Waals surface area contributed by atoms with Crippen LogP contribution < -0.4 is 4.89 Å². The van der Waals surface area contributed by atoms with E-state index in [2.05, 4.69) is 31.6 Å². The number of rotatable bonds is 14. The summed E-state index contributed by atoms with van der Waals surface area (Å²) in [5.41, 5.74) is 0.940. The molecule has 0 bridgehead atoms. The first-order valence-corrected chi connectivity index (χ1v) is 12.6. The van der Waals surface area contributed by atoms with Crippen molar-refractivity contribution in [1.29, 1.82) is 0 Å². The Morgan fingerprint density at radius 1 is 0.935 bits per heavy atom. The van der Waals surface area contributed by atoms with Crippen LogP contribution in [0.15, 0.2) is 24.3 Å². The fourth-order valence-electron chi connectivity index (χ4n) is 3.18. The molecule has 178 valence electrons. The van der Waals surface area contributed by atoms with Gasteiger partial charge in [0, 0.05) is 0 Å². The largest absolute Gasteiger partial charge is 0.540 e. The molecule has 0 aromatic heterocycles. The fraction of sp³-hybridized carbons (Fsp3) is 0.714. The Morgan fingerprint density at radius 3 is 2.35 bits per heavy atom. The smallest absolute Gasteiger partial charge is 0.327 e. The van der Waals surface area contributed by atoms with Crippen LogP contribution in [0.2, 0.25) is 0 Å². The number of hydrogen-bond acceptors (Lipinski definition) is 9. The van der Waals surface area contributed by atoms with E-state index in [1.165, 1.54) is 51.4 Å². The van der Waals surface area contributed by atoms with Gasteiger partial charge in [-0.3, -0.25) is 4.52 Å². The molecule has 1 aliphatic rings. The zero-order valence-electron chi connectivity index (χ0n) is 18.5. The van der Waals surface area contributed by atoms with Crippen LogP contribution in [0.3, 0.4) is 0 Å². The standard InChI is InChI=1S/C21H35O9P/c1-3-4-5-6-7-8-9-10-11-12-15-20-16-13-14-17-21(20)24-29-31(22)25-19(2)18-23-26-27-28-30-31/h13-14,16-17,19H,3-12,15,18H2,1-2H3. The van der Waals surface area contributed by atoms with Gasteiger partial charge < -0.3 is 4.89 Å². The van der Waals surface area contributed by atoms with Crippen LogP contribution in [-0.2, 0) is 44.9 Å². The number of para-hydroxylation sites is 1. The average molecular weight is 462 g/mol. The van der Waals surface area contributed by atoms with E-state index in [1.54, 1.807) is 19.1 Å². The molecule has 1 saturated heterocycles. The maximum atomic E-state index is 12.6. The zero-order valence-corrected chi connectivity index (χ0v) is 19.4. The third kappa shape index (κ3) is 11.4. The first-order chi connectivity index (χ1) is 15.1. The van der Waals surface area contributed by atoms with Gasteiger partial charge in [0.1, 0.15) is 6.61 Å². The van der Waals surface area contributed by atoms with E-state index in [0.29, 0.717) is 5.75 Å². The summed E-state index contributed by atoms with van der Waals surface area (Å²) in [5, 5.41) is 12.4. The van der Waals surface area contributed by atoms with Crippen molar-refractivity contribution in [1.82, 2.24) is 0 Å². The Balaban J connectivity index is 1.71. The van der Waals surface area contributed by atoms with Crippen molar-refractivity contribution in [2.24, 2.45) is 0 Å². The van der Waals surface area contributed by atoms with Gasteiger partial charge in [0.2, 0.25) is 0 Å². The van der Waals surface area contributed by atoms with Crippen LogP contribution in [0.5, 0.6) is 5.75 Å². The van der Waals surface area contributed by atoms with Crippen LogP contribution in [0.4, 0.5) is 0 Å². The lowest BCUT2D eigenvalue weighted by Gasteiger charge is -2.17. The number of benzene rings is 1. The SMILES string of the molecule is CCCCCCCCCCCCc1ccccc1OOP1(=O)OOOOOCC(C)O1. The van der Waals surface area contributed by atoms with Gasteiger partial charge in [-0.25, -0.2) is 9.45 Å². The molecule has 9 nitrogen and oxygen atoms in total. The second-order valence-electron chi connectivity index (χ2n) is 7.62. The summed E-state index contributed by atoms with van der Waals surface area (Å²) < 4.78 is 27.2. The molecule has 0 saturated carbocycles. The van der Waals surface area contributed by atoms with E-state index in [4.69, 9.17) is 14.1 Å². The topological polar surface area (TPSA) is 90.9 Å². The van der Waals surface area contributed by atoms with Crippen molar-refractivity contribution in [2.45, 2.75) is 90.6 Å². The maximum Gasteiger partial charge on any atom is 0.540 e. The molecule has 0 radical (unpaired) electrons. The lowest BCUT2D eigenvalue weighted by atomic mass is 10.0. The van der Waals surface area contributed by atoms with Gasteiger partial charge in [-0.15, -0.1) is 0 Å². The van der Waals surface area contributed by atoms with E-state index < -0.39 is 13.9 Å². The number of aryl methyl sites for hydroxylation is 1. The molecule has 10 heteroatoms. The van der Waals surface area contributed by atoms with Crippen LogP contribution in [0.1, 0.15) is 83.6 Å². The van der Waals surface area contributed by atoms with Crippen LogP contribution in [0.25, 0.3) is 0 Å². The van der Waals surface area contributed by atoms with E-state index in [-0.39, 0.29) is 6.61 Å². The fourth-order valence-corrected chi connectivity index (χ4v) is 4.05. The Kier molecular flexibility index (Phi) is 13.3. The zero-order chi connectivity index (χ0) is 22.2. The molecule has 2 atom stereocenters. The van der Waals surface area contributed by atoms with Crippen LogP contribution >= 0.6 is 7.82 Å². The first kappa shape index (κ1) is 26.2. The highest BCUT2D eigenvalue weighted by Gasteiger charge is 2.36. The number of unbranched alkanes of at least 4 members (excludes halogenated alkanes) is 9. The summed E-state index contributed by atoms with van der Waals surface area (Å²) in [6, 6.07) is 7.38. The predicted molar refractivity (Wildman–Crippen MR) is 112 cm³/mol. The lowest BCUT2D eigenvalue weighted by molar-refractivity contribution is -0.692. The van der Waals surface area contributed by atoms with Gasteiger partial charge >= 0.3 is 7.82 Å². The second kappa shape index (κ2) is 15.7. The van der Waals surface area contributed by atoms with Crippen molar-refractivity contribution in [2.75, 3.05) is 6.61 Å². The highest BCUT2D eigenvalue weighted by Crippen LogP contribution is 2.51. The molecular formula is C21H35O9P. The molecule has 1 fully saturated rings. The number of hydrogen-bond donors (Lipinski definition) is 0. The van der Waals surface area contributed by atoms with E-state index in [0.717, 1.165) is 24.8 Å². The van der Waals surface area contributed by atoms with Crippen molar-refractivity contribution in [3.63, 3.8) is 0 Å². The molecule has 1 aliphatic heterocycles. The van der Waals surface area contributed by atoms with Gasteiger partial charge in [0.25, 0.3) is 0 Å². The van der Waals surface area contributed by atoms with Gasteiger partial charge in [0.05, 0.1) is 6.10 Å². The monoisotopic (exact) mass is 462 g/mol. The third-order valence-corrected chi connectivity index (χ3v) is 5.95. The Hall–Kier alpha value is -1.03. The molecule has 2 unspecified atom stereocenters. The molecule has 1 aromatic carbocycles. The normalized spacial score (nSPS) is 22.5. The van der Waals surface area contributed by atoms with Crippen molar-refractivity contribution < 1.29 is 43.3 Å². The van der Waals surface area contributed by atoms with Crippen LogP contribution in [0, 0.1) is 0 Å². The minimum Gasteiger partial charge on any atom is -0.327 e. The third-order valence-electron chi connectivity index (χ3n) is 4.83. The summed E-state index contributed by atoms with van der Waals surface area (Å²) in [6.45, 7) is 3.73. The van der Waals surface area contributed by atoms with Gasteiger partial charge in [-0.05, 0) is 46.5 Å². The summed E-state index contributed by atoms with van der Waals surface area (Å²) in [4.78, 5) is 9.85. The molecular weight excluding hydrogens is 427 g/mol. The van der Waals surface area contributed by atoms with Gasteiger partial charge in [-0.2, -0.15) is 0 Å². The first-order valence-electron chi connectivity index (χ1n) is 11.2. The molecule has 31 heavy (non-hydrogen) atoms. The van der Waals surface area contributed by atoms with Crippen molar-refractivity contribution >= 4 is 7.82 Å². The molecule has 0 amide bonds. The van der Waals surface area contributed by atoms with Crippen LogP contribution in [-0.4, -0.2) is 12.7 Å². The molecule has 2 rings (SSSR count). The molecule has 0 aliphatic carbocycles. The molecule has 1 aromatic rings. The maximum absolute atomic E-state index is 12.6. The Labute approximate surface area is 184 Å².